The van der Waals surface area contributed by atoms with Crippen LogP contribution in [0.1, 0.15) is 25.7 Å². The van der Waals surface area contributed by atoms with Crippen molar-refractivity contribution in [1.29, 1.82) is 0 Å². The Morgan fingerprint density at radius 2 is 1.82 bits per heavy atom. The maximum absolute atomic E-state index is 12.6. The van der Waals surface area contributed by atoms with Crippen molar-refractivity contribution in [1.82, 2.24) is 35.1 Å². The summed E-state index contributed by atoms with van der Waals surface area (Å²) in [4.78, 5) is 34.7. The minimum Gasteiger partial charge on any atom is -0.336 e. The molecule has 5 heterocycles. The van der Waals surface area contributed by atoms with Crippen LogP contribution < -0.4 is 5.32 Å². The topological polar surface area (TPSA) is 125 Å². The van der Waals surface area contributed by atoms with Crippen molar-refractivity contribution in [2.45, 2.75) is 25.7 Å². The fourth-order valence-corrected chi connectivity index (χ4v) is 5.18. The molecule has 0 saturated heterocycles. The zero-order chi connectivity index (χ0) is 25.5. The second kappa shape index (κ2) is 9.19. The van der Waals surface area contributed by atoms with Crippen molar-refractivity contribution >= 4 is 33.7 Å². The first-order valence-corrected chi connectivity index (χ1v) is 12.7. The number of carbonyl (C=O) groups excluding carboxylic acids is 1. The predicted octanol–water partition coefficient (Wildman–Crippen LogP) is 5.75. The Bertz CT molecular complexity index is 1780. The summed E-state index contributed by atoms with van der Waals surface area (Å²) in [7, 11) is 0. The number of aromatic nitrogens is 7. The number of amides is 1. The van der Waals surface area contributed by atoms with Crippen LogP contribution in [0.4, 0.5) is 5.69 Å². The van der Waals surface area contributed by atoms with Crippen molar-refractivity contribution in [3.05, 3.63) is 73.2 Å². The van der Waals surface area contributed by atoms with Crippen LogP contribution in [-0.4, -0.2) is 41.0 Å². The fraction of sp³-hybridized carbons (Fsp3) is 0.172. The Kier molecular flexibility index (Phi) is 5.39. The molecule has 7 rings (SSSR count). The van der Waals surface area contributed by atoms with Gasteiger partial charge in [0, 0.05) is 29.4 Å². The highest BCUT2D eigenvalue weighted by Gasteiger charge is 2.23. The number of hydrogen-bond acceptors (Lipinski definition) is 6. The molecule has 1 aromatic carbocycles. The summed E-state index contributed by atoms with van der Waals surface area (Å²) in [6.45, 7) is 0. The number of nitrogens with one attached hydrogen (secondary N) is 3. The maximum Gasteiger partial charge on any atom is 0.227 e. The van der Waals surface area contributed by atoms with Crippen LogP contribution in [0.15, 0.2) is 73.2 Å². The molecule has 0 atom stereocenters. The number of benzene rings is 1. The third-order valence-electron chi connectivity index (χ3n) is 7.11. The fourth-order valence-electron chi connectivity index (χ4n) is 5.18. The first kappa shape index (κ1) is 22.3. The van der Waals surface area contributed by atoms with Crippen molar-refractivity contribution in [2.75, 3.05) is 5.32 Å². The number of para-hydroxylation sites is 1. The molecule has 9 nitrogen and oxygen atoms in total. The van der Waals surface area contributed by atoms with Gasteiger partial charge in [-0.05, 0) is 49.2 Å². The van der Waals surface area contributed by atoms with Crippen molar-refractivity contribution in [3.63, 3.8) is 0 Å². The Morgan fingerprint density at radius 1 is 0.895 bits per heavy atom. The molecule has 1 amide bonds. The Balaban J connectivity index is 1.25. The molecule has 0 radical (unpaired) electrons. The summed E-state index contributed by atoms with van der Waals surface area (Å²) in [5, 5.41) is 10.6. The van der Waals surface area contributed by atoms with E-state index in [4.69, 9.17) is 9.97 Å². The average molecular weight is 501 g/mol. The van der Waals surface area contributed by atoms with Gasteiger partial charge in [-0.25, -0.2) is 9.97 Å². The third-order valence-corrected chi connectivity index (χ3v) is 7.11. The molecule has 0 unspecified atom stereocenters. The number of aromatic amines is 2. The number of nitrogens with zero attached hydrogens (tertiary/aromatic N) is 5. The molecule has 0 aliphatic heterocycles. The van der Waals surface area contributed by atoms with Gasteiger partial charge in [-0.1, -0.05) is 31.0 Å². The second-order valence-electron chi connectivity index (χ2n) is 9.60. The van der Waals surface area contributed by atoms with E-state index >= 15 is 0 Å². The van der Waals surface area contributed by atoms with E-state index in [1.807, 2.05) is 54.6 Å². The number of fused-ring (bicyclic) bond motifs is 2. The van der Waals surface area contributed by atoms with Gasteiger partial charge >= 0.3 is 0 Å². The van der Waals surface area contributed by atoms with Crippen LogP contribution >= 0.6 is 0 Å². The number of H-pyrrole nitrogens is 2. The van der Waals surface area contributed by atoms with Gasteiger partial charge < -0.3 is 10.3 Å². The number of anilines is 1. The highest BCUT2D eigenvalue weighted by molar-refractivity contribution is 5.96. The molecular formula is C29H24N8O. The van der Waals surface area contributed by atoms with E-state index in [1.165, 1.54) is 0 Å². The van der Waals surface area contributed by atoms with E-state index in [1.54, 1.807) is 18.6 Å². The largest absolute Gasteiger partial charge is 0.336 e. The van der Waals surface area contributed by atoms with E-state index in [9.17, 15) is 4.79 Å². The Morgan fingerprint density at radius 3 is 2.68 bits per heavy atom. The van der Waals surface area contributed by atoms with E-state index in [0.29, 0.717) is 22.7 Å². The Labute approximate surface area is 217 Å². The van der Waals surface area contributed by atoms with Gasteiger partial charge in [0.05, 0.1) is 39.8 Å². The SMILES string of the molecule is O=C(Nc1cncc(-c2ccc3[nH]nc(-c4nc5c(-c6ccccn6)cccc5[nH]4)c3n2)c1)C1CCCC1. The van der Waals surface area contributed by atoms with Gasteiger partial charge in [-0.2, -0.15) is 5.10 Å². The van der Waals surface area contributed by atoms with Crippen molar-refractivity contribution < 1.29 is 4.79 Å². The van der Waals surface area contributed by atoms with Gasteiger partial charge in [-0.3, -0.25) is 19.9 Å². The lowest BCUT2D eigenvalue weighted by atomic mass is 10.1. The summed E-state index contributed by atoms with van der Waals surface area (Å²) in [6, 6.07) is 17.6. The lowest BCUT2D eigenvalue weighted by Crippen LogP contribution is -2.20. The number of carbonyl (C=O) groups is 1. The molecule has 1 aliphatic carbocycles. The maximum atomic E-state index is 12.6. The second-order valence-corrected chi connectivity index (χ2v) is 9.60. The highest BCUT2D eigenvalue weighted by atomic mass is 16.1. The molecular weight excluding hydrogens is 476 g/mol. The minimum absolute atomic E-state index is 0.0666. The molecule has 9 heteroatoms. The van der Waals surface area contributed by atoms with Crippen LogP contribution in [0.25, 0.3) is 56.1 Å². The smallest absolute Gasteiger partial charge is 0.227 e. The molecule has 6 aromatic rings. The standard InChI is InChI=1S/C29H24N8O/c38-29(17-6-1-2-7-17)32-19-14-18(15-30-16-19)21-11-12-24-26(33-21)27(37-36-24)28-34-23-10-5-8-20(25(23)35-28)22-9-3-4-13-31-22/h3-5,8-17H,1-2,6-7H2,(H,32,38)(H,34,35)(H,36,37). The highest BCUT2D eigenvalue weighted by Crippen LogP contribution is 2.32. The monoisotopic (exact) mass is 500 g/mol. The average Bonchev–Trinajstić information content (AvgIpc) is 3.73. The van der Waals surface area contributed by atoms with Gasteiger partial charge in [0.25, 0.3) is 0 Å². The van der Waals surface area contributed by atoms with Crippen molar-refractivity contribution in [3.8, 4) is 34.0 Å². The zero-order valence-electron chi connectivity index (χ0n) is 20.5. The Hall–Kier alpha value is -4.92. The molecule has 1 aliphatic rings. The first-order valence-electron chi connectivity index (χ1n) is 12.7. The summed E-state index contributed by atoms with van der Waals surface area (Å²) in [6.07, 6.45) is 9.33. The lowest BCUT2D eigenvalue weighted by molar-refractivity contribution is -0.119. The summed E-state index contributed by atoms with van der Waals surface area (Å²) < 4.78 is 0. The van der Waals surface area contributed by atoms with E-state index in [0.717, 1.165) is 64.7 Å². The number of pyridine rings is 3. The van der Waals surface area contributed by atoms with Crippen LogP contribution in [0, 0.1) is 5.92 Å². The molecule has 38 heavy (non-hydrogen) atoms. The van der Waals surface area contributed by atoms with Gasteiger partial charge in [0.2, 0.25) is 5.91 Å². The minimum atomic E-state index is 0.0666. The van der Waals surface area contributed by atoms with E-state index in [-0.39, 0.29) is 11.8 Å². The molecule has 0 spiro atoms. The quantitative estimate of drug-likeness (QED) is 0.277. The summed E-state index contributed by atoms with van der Waals surface area (Å²) in [5.74, 6) is 0.774. The molecule has 1 saturated carbocycles. The molecule has 1 fully saturated rings. The van der Waals surface area contributed by atoms with Crippen molar-refractivity contribution in [2.24, 2.45) is 5.92 Å². The predicted molar refractivity (Wildman–Crippen MR) is 146 cm³/mol. The molecule has 3 N–H and O–H groups in total. The van der Waals surface area contributed by atoms with Crippen LogP contribution in [0.2, 0.25) is 0 Å². The van der Waals surface area contributed by atoms with Gasteiger partial charge in [-0.15, -0.1) is 0 Å². The van der Waals surface area contributed by atoms with Crippen LogP contribution in [-0.2, 0) is 4.79 Å². The lowest BCUT2D eigenvalue weighted by Gasteiger charge is -2.11. The number of imidazole rings is 1. The zero-order valence-corrected chi connectivity index (χ0v) is 20.5. The third kappa shape index (κ3) is 3.98. The molecule has 5 aromatic heterocycles. The number of rotatable bonds is 5. The van der Waals surface area contributed by atoms with Crippen LogP contribution in [0.5, 0.6) is 0 Å². The van der Waals surface area contributed by atoms with Gasteiger partial charge in [0.15, 0.2) is 11.5 Å². The molecule has 0 bridgehead atoms. The summed E-state index contributed by atoms with van der Waals surface area (Å²) in [5.41, 5.74) is 7.86. The van der Waals surface area contributed by atoms with Crippen LogP contribution in [0.3, 0.4) is 0 Å². The molecule has 186 valence electrons. The number of hydrogen-bond donors (Lipinski definition) is 3. The van der Waals surface area contributed by atoms with E-state index in [2.05, 4.69) is 30.5 Å². The first-order chi connectivity index (χ1) is 18.7. The van der Waals surface area contributed by atoms with Gasteiger partial charge in [0.1, 0.15) is 5.52 Å². The summed E-state index contributed by atoms with van der Waals surface area (Å²) >= 11 is 0. The normalized spacial score (nSPS) is 13.9. The van der Waals surface area contributed by atoms with E-state index < -0.39 is 0 Å².